The average Bonchev–Trinajstić information content (AvgIpc) is 3.19. The molecule has 1 saturated carbocycles. The smallest absolute Gasteiger partial charge is 0.191 e. The number of rotatable bonds is 6. The molecule has 4 atom stereocenters. The van der Waals surface area contributed by atoms with Crippen molar-refractivity contribution >= 4 is 5.96 Å². The largest absolute Gasteiger partial charge is 0.393 e. The normalized spacial score (nSPS) is 29.9. The maximum atomic E-state index is 10.0. The Labute approximate surface area is 157 Å². The third-order valence-electron chi connectivity index (χ3n) is 5.72. The van der Waals surface area contributed by atoms with Crippen LogP contribution in [0.4, 0.5) is 0 Å². The van der Waals surface area contributed by atoms with Crippen LogP contribution in [0.5, 0.6) is 0 Å². The van der Waals surface area contributed by atoms with Gasteiger partial charge < -0.3 is 15.7 Å². The molecule has 26 heavy (non-hydrogen) atoms. The maximum Gasteiger partial charge on any atom is 0.191 e. The van der Waals surface area contributed by atoms with Gasteiger partial charge in [0, 0.05) is 44.2 Å². The van der Waals surface area contributed by atoms with E-state index in [-0.39, 0.29) is 6.10 Å². The number of likely N-dealkylation sites (tertiary alicyclic amines) is 1. The minimum Gasteiger partial charge on any atom is -0.393 e. The van der Waals surface area contributed by atoms with E-state index >= 15 is 0 Å². The second kappa shape index (κ2) is 9.38. The number of benzene rings is 1. The molecule has 0 aromatic heterocycles. The number of guanidine groups is 1. The zero-order valence-electron chi connectivity index (χ0n) is 16.2. The molecule has 1 aromatic carbocycles. The van der Waals surface area contributed by atoms with Gasteiger partial charge in [0.15, 0.2) is 5.96 Å². The molecule has 5 heteroatoms. The van der Waals surface area contributed by atoms with E-state index in [0.717, 1.165) is 51.3 Å². The van der Waals surface area contributed by atoms with Crippen LogP contribution in [-0.2, 0) is 6.54 Å². The maximum absolute atomic E-state index is 10.0. The molecule has 2 fully saturated rings. The molecule has 5 nitrogen and oxygen atoms in total. The van der Waals surface area contributed by atoms with E-state index in [4.69, 9.17) is 4.99 Å². The predicted molar refractivity (Wildman–Crippen MR) is 107 cm³/mol. The SMILES string of the molecule is CCNC(=NCC1CCCC1O)NC1CC(C)N(Cc2ccccc2)C1. The summed E-state index contributed by atoms with van der Waals surface area (Å²) in [7, 11) is 0. The van der Waals surface area contributed by atoms with E-state index < -0.39 is 0 Å². The van der Waals surface area contributed by atoms with Gasteiger partial charge in [-0.3, -0.25) is 9.89 Å². The highest BCUT2D eigenvalue weighted by molar-refractivity contribution is 5.80. The lowest BCUT2D eigenvalue weighted by Gasteiger charge is -2.21. The van der Waals surface area contributed by atoms with E-state index in [1.54, 1.807) is 0 Å². The lowest BCUT2D eigenvalue weighted by atomic mass is 10.1. The van der Waals surface area contributed by atoms with Crippen LogP contribution in [0.15, 0.2) is 35.3 Å². The number of nitrogens with one attached hydrogen (secondary N) is 2. The lowest BCUT2D eigenvalue weighted by molar-refractivity contribution is 0.136. The molecule has 1 aliphatic carbocycles. The highest BCUT2D eigenvalue weighted by atomic mass is 16.3. The molecule has 0 spiro atoms. The number of aliphatic hydroxyl groups excluding tert-OH is 1. The quantitative estimate of drug-likeness (QED) is 0.540. The fourth-order valence-electron chi connectivity index (χ4n) is 4.19. The van der Waals surface area contributed by atoms with Gasteiger partial charge in [-0.1, -0.05) is 36.8 Å². The molecule has 1 aromatic rings. The third kappa shape index (κ3) is 5.21. The van der Waals surface area contributed by atoms with Gasteiger partial charge in [0.1, 0.15) is 0 Å². The summed E-state index contributed by atoms with van der Waals surface area (Å²) < 4.78 is 0. The van der Waals surface area contributed by atoms with Crippen LogP contribution in [0.2, 0.25) is 0 Å². The average molecular weight is 359 g/mol. The molecule has 1 aliphatic heterocycles. The zero-order valence-corrected chi connectivity index (χ0v) is 16.2. The first kappa shape index (κ1) is 19.2. The molecular weight excluding hydrogens is 324 g/mol. The minimum absolute atomic E-state index is 0.172. The molecule has 0 bridgehead atoms. The molecule has 3 N–H and O–H groups in total. The Hall–Kier alpha value is -1.59. The summed E-state index contributed by atoms with van der Waals surface area (Å²) in [5, 5.41) is 17.0. The van der Waals surface area contributed by atoms with Gasteiger partial charge in [0.2, 0.25) is 0 Å². The van der Waals surface area contributed by atoms with E-state index in [1.807, 2.05) is 0 Å². The van der Waals surface area contributed by atoms with Crippen molar-refractivity contribution in [3.8, 4) is 0 Å². The number of aliphatic imine (C=N–C) groups is 1. The molecule has 0 amide bonds. The fraction of sp³-hybridized carbons (Fsp3) is 0.667. The molecule has 144 valence electrons. The standard InChI is InChI=1S/C21H34N4O/c1-3-22-21(23-13-18-10-7-11-20(18)26)24-19-12-16(2)25(15-19)14-17-8-5-4-6-9-17/h4-6,8-9,16,18-20,26H,3,7,10-15H2,1-2H3,(H2,22,23,24). The molecule has 3 rings (SSSR count). The molecule has 0 radical (unpaired) electrons. The van der Waals surface area contributed by atoms with Gasteiger partial charge in [0.25, 0.3) is 0 Å². The molecular formula is C21H34N4O. The Morgan fingerprint density at radius 2 is 2.08 bits per heavy atom. The Morgan fingerprint density at radius 3 is 2.77 bits per heavy atom. The van der Waals surface area contributed by atoms with Crippen molar-refractivity contribution in [2.45, 2.75) is 64.3 Å². The summed E-state index contributed by atoms with van der Waals surface area (Å²) in [6.45, 7) is 8.01. The Morgan fingerprint density at radius 1 is 1.27 bits per heavy atom. The first-order valence-corrected chi connectivity index (χ1v) is 10.2. The number of nitrogens with zero attached hydrogens (tertiary/aromatic N) is 2. The van der Waals surface area contributed by atoms with Crippen LogP contribution in [0, 0.1) is 5.92 Å². The highest BCUT2D eigenvalue weighted by Gasteiger charge is 2.30. The van der Waals surface area contributed by atoms with Crippen LogP contribution in [0.3, 0.4) is 0 Å². The zero-order chi connectivity index (χ0) is 18.4. The topological polar surface area (TPSA) is 59.9 Å². The van der Waals surface area contributed by atoms with Crippen molar-refractivity contribution in [2.75, 3.05) is 19.6 Å². The Bertz CT molecular complexity index is 577. The summed E-state index contributed by atoms with van der Waals surface area (Å²) >= 11 is 0. The van der Waals surface area contributed by atoms with Gasteiger partial charge in [-0.15, -0.1) is 0 Å². The summed E-state index contributed by atoms with van der Waals surface area (Å²) in [5.41, 5.74) is 1.37. The van der Waals surface area contributed by atoms with Gasteiger partial charge in [-0.2, -0.15) is 0 Å². The fourth-order valence-corrected chi connectivity index (χ4v) is 4.19. The van der Waals surface area contributed by atoms with E-state index in [2.05, 4.69) is 59.7 Å². The summed E-state index contributed by atoms with van der Waals surface area (Å²) in [5.74, 6) is 1.22. The third-order valence-corrected chi connectivity index (χ3v) is 5.72. The Kier molecular flexibility index (Phi) is 6.92. The van der Waals surface area contributed by atoms with Crippen LogP contribution < -0.4 is 10.6 Å². The monoisotopic (exact) mass is 358 g/mol. The van der Waals surface area contributed by atoms with Crippen LogP contribution in [-0.4, -0.2) is 53.8 Å². The predicted octanol–water partition coefficient (Wildman–Crippen LogP) is 2.37. The van der Waals surface area contributed by atoms with Gasteiger partial charge >= 0.3 is 0 Å². The molecule has 1 saturated heterocycles. The molecule has 4 unspecified atom stereocenters. The van der Waals surface area contributed by atoms with Gasteiger partial charge in [-0.05, 0) is 38.7 Å². The molecule has 2 aliphatic rings. The first-order valence-electron chi connectivity index (χ1n) is 10.2. The minimum atomic E-state index is -0.172. The lowest BCUT2D eigenvalue weighted by Crippen LogP contribution is -2.44. The second-order valence-electron chi connectivity index (χ2n) is 7.82. The molecule has 1 heterocycles. The van der Waals surface area contributed by atoms with Crippen LogP contribution in [0.1, 0.15) is 45.1 Å². The summed E-state index contributed by atoms with van der Waals surface area (Å²) in [6.07, 6.45) is 4.10. The van der Waals surface area contributed by atoms with E-state index in [9.17, 15) is 5.11 Å². The van der Waals surface area contributed by atoms with Gasteiger partial charge in [-0.25, -0.2) is 0 Å². The van der Waals surface area contributed by atoms with Crippen molar-refractivity contribution in [3.63, 3.8) is 0 Å². The van der Waals surface area contributed by atoms with Crippen molar-refractivity contribution < 1.29 is 5.11 Å². The summed E-state index contributed by atoms with van der Waals surface area (Å²) in [6, 6.07) is 11.7. The number of hydrogen-bond donors (Lipinski definition) is 3. The van der Waals surface area contributed by atoms with Crippen molar-refractivity contribution in [1.82, 2.24) is 15.5 Å². The van der Waals surface area contributed by atoms with E-state index in [1.165, 1.54) is 5.56 Å². The number of hydrogen-bond acceptors (Lipinski definition) is 3. The van der Waals surface area contributed by atoms with Crippen LogP contribution >= 0.6 is 0 Å². The van der Waals surface area contributed by atoms with Gasteiger partial charge in [0.05, 0.1) is 6.10 Å². The van der Waals surface area contributed by atoms with Crippen molar-refractivity contribution in [3.05, 3.63) is 35.9 Å². The van der Waals surface area contributed by atoms with Crippen LogP contribution in [0.25, 0.3) is 0 Å². The number of aliphatic hydroxyl groups is 1. The van der Waals surface area contributed by atoms with E-state index in [0.29, 0.717) is 24.5 Å². The van der Waals surface area contributed by atoms with Crippen molar-refractivity contribution in [2.24, 2.45) is 10.9 Å². The Balaban J connectivity index is 1.53. The second-order valence-corrected chi connectivity index (χ2v) is 7.82. The first-order chi connectivity index (χ1) is 12.7. The highest BCUT2D eigenvalue weighted by Crippen LogP contribution is 2.25. The summed E-state index contributed by atoms with van der Waals surface area (Å²) in [4.78, 5) is 7.30. The van der Waals surface area contributed by atoms with Crippen molar-refractivity contribution in [1.29, 1.82) is 0 Å².